The summed E-state index contributed by atoms with van der Waals surface area (Å²) in [4.78, 5) is 50.0. The fraction of sp³-hybridized carbons (Fsp3) is 0.333. The van der Waals surface area contributed by atoms with Gasteiger partial charge in [0.25, 0.3) is 0 Å². The standard InChI is InChI=1S/C30H30ClIN6O3/c1-16-10-26(30(41)35-17(2)20-6-5-7-23(31)11-20)38(29(16)32)27(40)15-37-25-9-8-21(22-13-33-19(4)34-14-22)12-24(25)28(36-37)18(3)39/h5-9,11-14,16-17,26,29H,10,15H2,1-4H3,(H,35,41)/t16-,17-,26-,29-/m0/s1. The van der Waals surface area contributed by atoms with Crippen LogP contribution in [0.1, 0.15) is 55.1 Å². The number of carbonyl (C=O) groups is 3. The highest BCUT2D eigenvalue weighted by Gasteiger charge is 2.44. The molecule has 5 rings (SSSR count). The van der Waals surface area contributed by atoms with E-state index in [1.54, 1.807) is 28.0 Å². The summed E-state index contributed by atoms with van der Waals surface area (Å²) in [7, 11) is 0. The first kappa shape index (κ1) is 29.1. The smallest absolute Gasteiger partial charge is 0.245 e. The van der Waals surface area contributed by atoms with Gasteiger partial charge in [0, 0.05) is 35.3 Å². The molecule has 0 aliphatic carbocycles. The maximum Gasteiger partial charge on any atom is 0.245 e. The van der Waals surface area contributed by atoms with Crippen LogP contribution in [-0.2, 0) is 16.1 Å². The van der Waals surface area contributed by atoms with Crippen LogP contribution in [0.5, 0.6) is 0 Å². The first-order valence-corrected chi connectivity index (χ1v) is 15.0. The van der Waals surface area contributed by atoms with Gasteiger partial charge >= 0.3 is 0 Å². The van der Waals surface area contributed by atoms with E-state index < -0.39 is 6.04 Å². The maximum atomic E-state index is 13.8. The molecule has 4 atom stereocenters. The van der Waals surface area contributed by atoms with Crippen molar-refractivity contribution in [2.75, 3.05) is 0 Å². The van der Waals surface area contributed by atoms with Crippen molar-refractivity contribution >= 4 is 62.7 Å². The lowest BCUT2D eigenvalue weighted by molar-refractivity contribution is -0.139. The third-order valence-corrected chi connectivity index (χ3v) is 9.51. The van der Waals surface area contributed by atoms with Gasteiger partial charge in [0.15, 0.2) is 5.78 Å². The maximum absolute atomic E-state index is 13.8. The second-order valence-electron chi connectivity index (χ2n) is 10.5. The largest absolute Gasteiger partial charge is 0.348 e. The van der Waals surface area contributed by atoms with Crippen molar-refractivity contribution in [3.05, 3.63) is 77.0 Å². The van der Waals surface area contributed by atoms with Crippen molar-refractivity contribution in [2.45, 2.75) is 56.8 Å². The van der Waals surface area contributed by atoms with E-state index in [9.17, 15) is 14.4 Å². The Morgan fingerprint density at radius 1 is 1.12 bits per heavy atom. The van der Waals surface area contributed by atoms with Crippen LogP contribution in [-0.4, -0.2) is 52.3 Å². The number of hydrogen-bond donors (Lipinski definition) is 1. The molecule has 1 fully saturated rings. The number of aryl methyl sites for hydroxylation is 1. The van der Waals surface area contributed by atoms with Crippen LogP contribution in [0, 0.1) is 12.8 Å². The molecular formula is C30H30ClIN6O3. The lowest BCUT2D eigenvalue weighted by atomic mass is 10.0. The summed E-state index contributed by atoms with van der Waals surface area (Å²) in [6, 6.07) is 12.1. The molecule has 41 heavy (non-hydrogen) atoms. The second kappa shape index (κ2) is 11.8. The molecule has 9 nitrogen and oxygen atoms in total. The van der Waals surface area contributed by atoms with Crippen LogP contribution >= 0.6 is 34.2 Å². The fourth-order valence-electron chi connectivity index (χ4n) is 5.23. The van der Waals surface area contributed by atoms with E-state index in [4.69, 9.17) is 11.6 Å². The number of amides is 2. The summed E-state index contributed by atoms with van der Waals surface area (Å²) in [6.07, 6.45) is 4.02. The van der Waals surface area contributed by atoms with Crippen LogP contribution in [0.4, 0.5) is 0 Å². The lowest BCUT2D eigenvalue weighted by Gasteiger charge is -2.28. The first-order chi connectivity index (χ1) is 19.5. The molecule has 0 unspecified atom stereocenters. The molecule has 2 aromatic heterocycles. The van der Waals surface area contributed by atoms with Gasteiger partial charge in [-0.3, -0.25) is 19.1 Å². The number of fused-ring (bicyclic) bond motifs is 1. The molecular weight excluding hydrogens is 655 g/mol. The van der Waals surface area contributed by atoms with Crippen molar-refractivity contribution < 1.29 is 14.4 Å². The molecule has 0 bridgehead atoms. The Bertz CT molecular complexity index is 1640. The highest BCUT2D eigenvalue weighted by atomic mass is 127. The third kappa shape index (κ3) is 5.99. The van der Waals surface area contributed by atoms with Gasteiger partial charge in [-0.05, 0) is 61.6 Å². The number of nitrogens with one attached hydrogen (secondary N) is 1. The van der Waals surface area contributed by atoms with E-state index in [1.165, 1.54) is 6.92 Å². The number of rotatable bonds is 7. The predicted molar refractivity (Wildman–Crippen MR) is 166 cm³/mol. The van der Waals surface area contributed by atoms with E-state index in [1.807, 2.05) is 57.2 Å². The van der Waals surface area contributed by atoms with Gasteiger partial charge < -0.3 is 10.2 Å². The molecule has 4 aromatic rings. The number of ketones is 1. The molecule has 0 saturated carbocycles. The van der Waals surface area contributed by atoms with E-state index in [0.29, 0.717) is 28.2 Å². The van der Waals surface area contributed by atoms with Gasteiger partial charge in [-0.2, -0.15) is 5.10 Å². The Kier molecular flexibility index (Phi) is 8.42. The van der Waals surface area contributed by atoms with Gasteiger partial charge in [-0.15, -0.1) is 0 Å². The normalized spacial score (nSPS) is 19.4. The Morgan fingerprint density at radius 2 is 1.85 bits per heavy atom. The van der Waals surface area contributed by atoms with Crippen LogP contribution in [0.25, 0.3) is 22.0 Å². The summed E-state index contributed by atoms with van der Waals surface area (Å²) in [6.45, 7) is 7.11. The molecule has 11 heteroatoms. The molecule has 1 saturated heterocycles. The number of nitrogens with zero attached hydrogens (tertiary/aromatic N) is 5. The number of hydrogen-bond acceptors (Lipinski definition) is 6. The monoisotopic (exact) mass is 684 g/mol. The minimum Gasteiger partial charge on any atom is -0.348 e. The molecule has 2 aromatic carbocycles. The number of halogens is 2. The van der Waals surface area contributed by atoms with E-state index in [-0.39, 0.29) is 45.8 Å². The molecule has 0 spiro atoms. The van der Waals surface area contributed by atoms with Crippen molar-refractivity contribution in [3.63, 3.8) is 0 Å². The average molecular weight is 685 g/mol. The van der Waals surface area contributed by atoms with Gasteiger partial charge in [0.2, 0.25) is 11.8 Å². The minimum atomic E-state index is -0.622. The van der Waals surface area contributed by atoms with Crippen LogP contribution < -0.4 is 5.32 Å². The number of aromatic nitrogens is 4. The zero-order chi connectivity index (χ0) is 29.4. The summed E-state index contributed by atoms with van der Waals surface area (Å²) >= 11 is 8.37. The minimum absolute atomic E-state index is 0.101. The number of Topliss-reactive ketones (excluding diaryl/α,β-unsaturated/α-hetero) is 1. The summed E-state index contributed by atoms with van der Waals surface area (Å²) in [5.74, 6) is 0.142. The van der Waals surface area contributed by atoms with Gasteiger partial charge in [0.1, 0.15) is 24.1 Å². The zero-order valence-corrected chi connectivity index (χ0v) is 26.0. The topological polar surface area (TPSA) is 110 Å². The highest BCUT2D eigenvalue weighted by Crippen LogP contribution is 2.35. The third-order valence-electron chi connectivity index (χ3n) is 7.45. The van der Waals surface area contributed by atoms with Crippen LogP contribution in [0.15, 0.2) is 54.9 Å². The molecule has 212 valence electrons. The number of likely N-dealkylation sites (tertiary alicyclic amines) is 1. The zero-order valence-electron chi connectivity index (χ0n) is 23.1. The number of carbonyl (C=O) groups excluding carboxylic acids is 3. The Labute approximate surface area is 256 Å². The van der Waals surface area contributed by atoms with Gasteiger partial charge in [-0.25, -0.2) is 9.97 Å². The van der Waals surface area contributed by atoms with Crippen molar-refractivity contribution in [2.24, 2.45) is 5.92 Å². The van der Waals surface area contributed by atoms with Crippen molar-refractivity contribution in [1.82, 2.24) is 30.0 Å². The van der Waals surface area contributed by atoms with E-state index in [2.05, 4.69) is 43.0 Å². The number of alkyl halides is 1. The lowest BCUT2D eigenvalue weighted by Crippen LogP contribution is -2.49. The molecule has 0 radical (unpaired) electrons. The van der Waals surface area contributed by atoms with Crippen LogP contribution in [0.2, 0.25) is 5.02 Å². The number of benzene rings is 2. The van der Waals surface area contributed by atoms with Crippen molar-refractivity contribution in [1.29, 1.82) is 0 Å². The second-order valence-corrected chi connectivity index (χ2v) is 12.2. The van der Waals surface area contributed by atoms with Gasteiger partial charge in [0.05, 0.1) is 15.6 Å². The molecule has 1 N–H and O–H groups in total. The Morgan fingerprint density at radius 3 is 2.54 bits per heavy atom. The average Bonchev–Trinajstić information content (AvgIpc) is 3.45. The summed E-state index contributed by atoms with van der Waals surface area (Å²) < 4.78 is 1.39. The summed E-state index contributed by atoms with van der Waals surface area (Å²) in [5.41, 5.74) is 3.49. The van der Waals surface area contributed by atoms with Gasteiger partial charge in [-0.1, -0.05) is 59.3 Å². The Balaban J connectivity index is 1.40. The predicted octanol–water partition coefficient (Wildman–Crippen LogP) is 5.53. The molecule has 2 amide bonds. The van der Waals surface area contributed by atoms with E-state index in [0.717, 1.165) is 16.7 Å². The van der Waals surface area contributed by atoms with Crippen molar-refractivity contribution in [3.8, 4) is 11.1 Å². The Hall–Kier alpha value is -3.38. The highest BCUT2D eigenvalue weighted by molar-refractivity contribution is 14.1. The molecule has 1 aliphatic heterocycles. The molecule has 3 heterocycles. The fourth-order valence-corrected chi connectivity index (χ4v) is 6.42. The quantitative estimate of drug-likeness (QED) is 0.119. The van der Waals surface area contributed by atoms with Crippen LogP contribution in [0.3, 0.4) is 0 Å². The van der Waals surface area contributed by atoms with E-state index >= 15 is 0 Å². The SMILES string of the molecule is CC(=O)c1nn(CC(=O)N2[C@H](I)[C@@H](C)C[C@H]2C(=O)N[C@@H](C)c2cccc(Cl)c2)c2ccc(-c3cnc(C)nc3)cc12. The summed E-state index contributed by atoms with van der Waals surface area (Å²) in [5, 5.41) is 8.83. The first-order valence-electron chi connectivity index (χ1n) is 13.3. The molecule has 1 aliphatic rings.